The van der Waals surface area contributed by atoms with Gasteiger partial charge in [0.05, 0.1) is 33.1 Å². The summed E-state index contributed by atoms with van der Waals surface area (Å²) in [6.07, 6.45) is 0. The Morgan fingerprint density at radius 2 is 0.830 bits per heavy atom. The van der Waals surface area contributed by atoms with Crippen LogP contribution in [0.2, 0.25) is 0 Å². The Labute approximate surface area is 306 Å². The van der Waals surface area contributed by atoms with E-state index in [4.69, 9.17) is 0 Å². The maximum atomic E-state index is 17.1. The molecular weight excluding hydrogens is 666 g/mol. The van der Waals surface area contributed by atoms with Crippen LogP contribution in [-0.2, 0) is 4.57 Å². The van der Waals surface area contributed by atoms with E-state index in [9.17, 15) is 0 Å². The van der Waals surface area contributed by atoms with Crippen LogP contribution in [0.4, 0.5) is 11.4 Å². The molecule has 0 saturated heterocycles. The zero-order valence-electron chi connectivity index (χ0n) is 28.7. The molecule has 4 nitrogen and oxygen atoms in total. The molecule has 0 saturated carbocycles. The molecule has 3 heterocycles. The number of hydrogen-bond acceptors (Lipinski definition) is 1. The number of hydrogen-bond donors (Lipinski definition) is 0. The van der Waals surface area contributed by atoms with Gasteiger partial charge in [-0.15, -0.1) is 0 Å². The number of para-hydroxylation sites is 5. The SMILES string of the molecule is O=P1(c2ccccc2)c2c(ccc3c2c2ccccc2n3-c2ccccc2)-c2c(ccc3c2c2ccccc2n3-c2ccccc2)N1c1ccccc1. The van der Waals surface area contributed by atoms with Crippen molar-refractivity contribution in [3.8, 4) is 22.5 Å². The summed E-state index contributed by atoms with van der Waals surface area (Å²) < 4.78 is 23.9. The number of rotatable bonds is 4. The zero-order valence-corrected chi connectivity index (χ0v) is 29.6. The Kier molecular flexibility index (Phi) is 6.49. The average molecular weight is 698 g/mol. The minimum absolute atomic E-state index is 0.798. The van der Waals surface area contributed by atoms with Gasteiger partial charge >= 0.3 is 0 Å². The number of anilines is 2. The van der Waals surface area contributed by atoms with Crippen LogP contribution >= 0.6 is 7.29 Å². The molecule has 1 atom stereocenters. The van der Waals surface area contributed by atoms with Crippen LogP contribution in [0.5, 0.6) is 0 Å². The third-order valence-electron chi connectivity index (χ3n) is 10.8. The molecule has 0 amide bonds. The van der Waals surface area contributed by atoms with Gasteiger partial charge in [0.1, 0.15) is 0 Å². The van der Waals surface area contributed by atoms with Crippen LogP contribution in [0.15, 0.2) is 194 Å². The molecule has 53 heavy (non-hydrogen) atoms. The van der Waals surface area contributed by atoms with E-state index < -0.39 is 7.29 Å². The van der Waals surface area contributed by atoms with Crippen LogP contribution in [0.25, 0.3) is 66.1 Å². The highest BCUT2D eigenvalue weighted by Crippen LogP contribution is 2.64. The lowest BCUT2D eigenvalue weighted by Gasteiger charge is -2.41. The van der Waals surface area contributed by atoms with Crippen molar-refractivity contribution >= 4 is 72.9 Å². The van der Waals surface area contributed by atoms with Crippen molar-refractivity contribution in [2.24, 2.45) is 0 Å². The number of nitrogens with zero attached hydrogens (tertiary/aromatic N) is 3. The van der Waals surface area contributed by atoms with Crippen molar-refractivity contribution < 1.29 is 4.57 Å². The monoisotopic (exact) mass is 697 g/mol. The minimum atomic E-state index is -3.62. The van der Waals surface area contributed by atoms with Gasteiger partial charge in [-0.25, -0.2) is 0 Å². The van der Waals surface area contributed by atoms with Crippen molar-refractivity contribution in [3.05, 3.63) is 194 Å². The summed E-state index contributed by atoms with van der Waals surface area (Å²) in [5.74, 6) is 0. The van der Waals surface area contributed by atoms with Crippen molar-refractivity contribution in [1.82, 2.24) is 9.13 Å². The molecule has 1 aliphatic heterocycles. The van der Waals surface area contributed by atoms with Crippen LogP contribution < -0.4 is 15.3 Å². The van der Waals surface area contributed by atoms with E-state index >= 15 is 4.57 Å². The molecule has 0 N–H and O–H groups in total. The third-order valence-corrected chi connectivity index (χ3v) is 13.9. The summed E-state index contributed by atoms with van der Waals surface area (Å²) in [6.45, 7) is 0. The van der Waals surface area contributed by atoms with Gasteiger partial charge in [0.25, 0.3) is 0 Å². The Morgan fingerprint density at radius 1 is 0.377 bits per heavy atom. The lowest BCUT2D eigenvalue weighted by molar-refractivity contribution is 0.587. The largest absolute Gasteiger partial charge is 0.309 e. The molecule has 10 aromatic rings. The van der Waals surface area contributed by atoms with Gasteiger partial charge in [0.2, 0.25) is 7.29 Å². The Hall–Kier alpha value is -6.61. The summed E-state index contributed by atoms with van der Waals surface area (Å²) in [5, 5.41) is 6.07. The molecule has 11 rings (SSSR count). The molecule has 8 aromatic carbocycles. The second-order valence-electron chi connectivity index (χ2n) is 13.6. The molecule has 5 heteroatoms. The molecule has 1 aliphatic rings. The topological polar surface area (TPSA) is 30.2 Å². The first-order valence-corrected chi connectivity index (χ1v) is 19.6. The molecule has 0 fully saturated rings. The lowest BCUT2D eigenvalue weighted by atomic mass is 9.95. The van der Waals surface area contributed by atoms with Gasteiger partial charge in [-0.3, -0.25) is 9.24 Å². The van der Waals surface area contributed by atoms with Crippen LogP contribution in [0.3, 0.4) is 0 Å². The predicted octanol–water partition coefficient (Wildman–Crippen LogP) is 11.9. The highest BCUT2D eigenvalue weighted by Gasteiger charge is 2.46. The normalized spacial score (nSPS) is 15.3. The van der Waals surface area contributed by atoms with Crippen LogP contribution in [0.1, 0.15) is 0 Å². The highest BCUT2D eigenvalue weighted by atomic mass is 31.2. The van der Waals surface area contributed by atoms with Crippen LogP contribution in [-0.4, -0.2) is 9.13 Å². The molecule has 1 unspecified atom stereocenters. The first kappa shape index (κ1) is 30.1. The number of benzene rings is 8. The summed E-state index contributed by atoms with van der Waals surface area (Å²) in [7, 11) is -3.62. The standard InChI is InChI=1S/C48H32N3OP/c52-53(36-23-11-4-12-24-36)48-39(29-30-43-47(48)38-26-14-16-28-41(38)50(43)34-19-7-2-8-20-34)46-44(51(53)35-21-9-3-10-22-35)32-31-42-45(46)37-25-13-15-27-40(37)49(42)33-17-5-1-6-18-33/h1-32H. The zero-order chi connectivity index (χ0) is 35.1. The molecule has 250 valence electrons. The second-order valence-corrected chi connectivity index (χ2v) is 16.2. The molecular formula is C48H32N3OP. The first-order chi connectivity index (χ1) is 26.2. The molecule has 0 bridgehead atoms. The highest BCUT2D eigenvalue weighted by molar-refractivity contribution is 7.81. The van der Waals surface area contributed by atoms with Crippen molar-refractivity contribution in [2.45, 2.75) is 0 Å². The summed E-state index contributed by atoms with van der Waals surface area (Å²) in [6, 6.07) is 67.6. The molecule has 0 radical (unpaired) electrons. The summed E-state index contributed by atoms with van der Waals surface area (Å²) in [5.41, 5.74) is 10.4. The summed E-state index contributed by atoms with van der Waals surface area (Å²) in [4.78, 5) is 0. The first-order valence-electron chi connectivity index (χ1n) is 18.0. The van der Waals surface area contributed by atoms with E-state index in [1.165, 1.54) is 0 Å². The number of fused-ring (bicyclic) bond motifs is 11. The van der Waals surface area contributed by atoms with Crippen molar-refractivity contribution in [3.63, 3.8) is 0 Å². The predicted molar refractivity (Wildman–Crippen MR) is 222 cm³/mol. The van der Waals surface area contributed by atoms with Gasteiger partial charge in [-0.05, 0) is 84.4 Å². The van der Waals surface area contributed by atoms with Crippen LogP contribution in [0, 0.1) is 0 Å². The smallest absolute Gasteiger partial charge is 0.235 e. The van der Waals surface area contributed by atoms with Gasteiger partial charge in [0.15, 0.2) is 0 Å². The molecule has 0 aliphatic carbocycles. The molecule has 2 aromatic heterocycles. The van der Waals surface area contributed by atoms with E-state index in [0.29, 0.717) is 0 Å². The molecule has 0 spiro atoms. The van der Waals surface area contributed by atoms with E-state index in [1.807, 2.05) is 48.5 Å². The lowest BCUT2D eigenvalue weighted by Crippen LogP contribution is -2.34. The van der Waals surface area contributed by atoms with Gasteiger partial charge < -0.3 is 9.13 Å². The third kappa shape index (κ3) is 4.16. The fourth-order valence-corrected chi connectivity index (χ4v) is 12.0. The second kappa shape index (κ2) is 11.4. The van der Waals surface area contributed by atoms with Crippen molar-refractivity contribution in [1.29, 1.82) is 0 Å². The number of aromatic nitrogens is 2. The van der Waals surface area contributed by atoms with E-state index in [0.717, 1.165) is 88.1 Å². The minimum Gasteiger partial charge on any atom is -0.309 e. The Bertz CT molecular complexity index is 3080. The van der Waals surface area contributed by atoms with Gasteiger partial charge in [0, 0.05) is 49.5 Å². The van der Waals surface area contributed by atoms with E-state index in [1.54, 1.807) is 0 Å². The fraction of sp³-hybridized carbons (Fsp3) is 0. The average Bonchev–Trinajstić information content (AvgIpc) is 3.75. The quantitative estimate of drug-likeness (QED) is 0.171. The maximum Gasteiger partial charge on any atom is 0.235 e. The van der Waals surface area contributed by atoms with Gasteiger partial charge in [-0.1, -0.05) is 115 Å². The Morgan fingerprint density at radius 3 is 1.42 bits per heavy atom. The van der Waals surface area contributed by atoms with E-state index in [2.05, 4.69) is 159 Å². The van der Waals surface area contributed by atoms with Crippen molar-refractivity contribution in [2.75, 3.05) is 4.67 Å². The maximum absolute atomic E-state index is 17.1. The summed E-state index contributed by atoms with van der Waals surface area (Å²) >= 11 is 0. The van der Waals surface area contributed by atoms with E-state index in [-0.39, 0.29) is 0 Å². The fourth-order valence-electron chi connectivity index (χ4n) is 8.77. The Balaban J connectivity index is 1.39. The van der Waals surface area contributed by atoms with Gasteiger partial charge in [-0.2, -0.15) is 0 Å².